The summed E-state index contributed by atoms with van der Waals surface area (Å²) < 4.78 is 29.2. The van der Waals surface area contributed by atoms with Gasteiger partial charge in [-0.15, -0.1) is 6.58 Å². The lowest BCUT2D eigenvalue weighted by molar-refractivity contribution is 0.102. The van der Waals surface area contributed by atoms with Crippen LogP contribution in [-0.2, 0) is 10.0 Å². The average Bonchev–Trinajstić information content (AvgIpc) is 2.90. The molecule has 10 heteroatoms. The lowest BCUT2D eigenvalue weighted by Crippen LogP contribution is -2.27. The summed E-state index contributed by atoms with van der Waals surface area (Å²) in [6.45, 7) is 5.34. The molecule has 0 fully saturated rings. The number of carbonyl (C=O) groups excluding carboxylic acids is 1. The van der Waals surface area contributed by atoms with Gasteiger partial charge in [-0.25, -0.2) is 23.1 Å². The number of sulfonamides is 1. The normalized spacial score (nSPS) is 11.0. The van der Waals surface area contributed by atoms with Crippen LogP contribution in [0.3, 0.4) is 0 Å². The zero-order valence-corrected chi connectivity index (χ0v) is 20.3. The Hall–Kier alpha value is -4.41. The second-order valence-corrected chi connectivity index (χ2v) is 9.43. The van der Waals surface area contributed by atoms with E-state index in [-0.39, 0.29) is 28.8 Å². The van der Waals surface area contributed by atoms with Crippen LogP contribution in [0.15, 0.2) is 96.8 Å². The largest absolute Gasteiger partial charge is 0.323 e. The van der Waals surface area contributed by atoms with E-state index in [9.17, 15) is 13.2 Å². The highest BCUT2D eigenvalue weighted by atomic mass is 32.2. The molecule has 2 aromatic carbocycles. The van der Waals surface area contributed by atoms with Crippen LogP contribution in [0, 0.1) is 6.92 Å². The van der Waals surface area contributed by atoms with Crippen LogP contribution in [0.5, 0.6) is 0 Å². The van der Waals surface area contributed by atoms with E-state index in [1.165, 1.54) is 6.08 Å². The maximum Gasteiger partial charge on any atom is 0.255 e. The number of aryl methyl sites for hydroxylation is 1. The van der Waals surface area contributed by atoms with Crippen molar-refractivity contribution < 1.29 is 13.2 Å². The quantitative estimate of drug-likeness (QED) is 0.292. The Kier molecular flexibility index (Phi) is 7.47. The SMILES string of the molecule is C=CCNS(=O)(=O)c1c(NC(=O)c2ccccc2)ccc(C)c1Nc1nccc(-c2cccnc2)n1. The number of benzene rings is 2. The predicted molar refractivity (Wildman–Crippen MR) is 140 cm³/mol. The first-order valence-electron chi connectivity index (χ1n) is 11.0. The maximum absolute atomic E-state index is 13.4. The molecular weight excluding hydrogens is 476 g/mol. The third kappa shape index (κ3) is 5.62. The molecule has 4 rings (SSSR count). The Morgan fingerprint density at radius 3 is 2.56 bits per heavy atom. The van der Waals surface area contributed by atoms with E-state index in [0.29, 0.717) is 16.8 Å². The summed E-state index contributed by atoms with van der Waals surface area (Å²) >= 11 is 0. The fraction of sp³-hybridized carbons (Fsp3) is 0.0769. The number of amides is 1. The summed E-state index contributed by atoms with van der Waals surface area (Å²) in [4.78, 5) is 25.6. The van der Waals surface area contributed by atoms with Gasteiger partial charge in [-0.2, -0.15) is 0 Å². The Morgan fingerprint density at radius 1 is 1.03 bits per heavy atom. The van der Waals surface area contributed by atoms with Crippen molar-refractivity contribution in [2.75, 3.05) is 17.2 Å². The highest BCUT2D eigenvalue weighted by Crippen LogP contribution is 2.34. The smallest absolute Gasteiger partial charge is 0.255 e. The summed E-state index contributed by atoms with van der Waals surface area (Å²) in [6.07, 6.45) is 6.34. The Morgan fingerprint density at radius 2 is 1.83 bits per heavy atom. The topological polar surface area (TPSA) is 126 Å². The van der Waals surface area contributed by atoms with E-state index >= 15 is 0 Å². The third-order valence-electron chi connectivity index (χ3n) is 5.19. The van der Waals surface area contributed by atoms with Crippen molar-refractivity contribution in [2.24, 2.45) is 0 Å². The Balaban J connectivity index is 1.79. The first-order valence-corrected chi connectivity index (χ1v) is 12.5. The standard InChI is InChI=1S/C26H24N6O3S/c1-3-14-29-36(34,35)24-22(30-25(33)19-8-5-4-6-9-19)12-11-18(2)23(24)32-26-28-16-13-21(31-26)20-10-7-15-27-17-20/h3-13,15-17,29H,1,14H2,2H3,(H,30,33)(H,28,31,32). The van der Waals surface area contributed by atoms with Crippen LogP contribution in [0.1, 0.15) is 15.9 Å². The lowest BCUT2D eigenvalue weighted by atomic mass is 10.1. The fourth-order valence-corrected chi connectivity index (χ4v) is 4.82. The number of carbonyl (C=O) groups is 1. The first-order chi connectivity index (χ1) is 17.4. The highest BCUT2D eigenvalue weighted by molar-refractivity contribution is 7.89. The van der Waals surface area contributed by atoms with E-state index in [2.05, 4.69) is 36.9 Å². The van der Waals surface area contributed by atoms with Crippen molar-refractivity contribution in [1.29, 1.82) is 0 Å². The molecule has 9 nitrogen and oxygen atoms in total. The molecule has 36 heavy (non-hydrogen) atoms. The van der Waals surface area contributed by atoms with Gasteiger partial charge in [0.1, 0.15) is 4.90 Å². The van der Waals surface area contributed by atoms with Gasteiger partial charge in [0.05, 0.1) is 17.1 Å². The number of hydrogen-bond acceptors (Lipinski definition) is 7. The molecule has 0 aliphatic heterocycles. The molecule has 1 amide bonds. The highest BCUT2D eigenvalue weighted by Gasteiger charge is 2.26. The molecule has 0 bridgehead atoms. The van der Waals surface area contributed by atoms with Crippen LogP contribution < -0.4 is 15.4 Å². The van der Waals surface area contributed by atoms with E-state index in [1.807, 2.05) is 6.07 Å². The van der Waals surface area contributed by atoms with E-state index in [4.69, 9.17) is 0 Å². The summed E-state index contributed by atoms with van der Waals surface area (Å²) in [6, 6.07) is 17.2. The monoisotopic (exact) mass is 500 g/mol. The first kappa shape index (κ1) is 24.7. The molecular formula is C26H24N6O3S. The predicted octanol–water partition coefficient (Wildman–Crippen LogP) is 4.31. The average molecular weight is 501 g/mol. The summed E-state index contributed by atoms with van der Waals surface area (Å²) in [5.74, 6) is -0.258. The lowest BCUT2D eigenvalue weighted by Gasteiger charge is -2.19. The Labute approximate surface area is 209 Å². The number of hydrogen-bond donors (Lipinski definition) is 3. The van der Waals surface area contributed by atoms with Crippen molar-refractivity contribution >= 4 is 33.3 Å². The Bertz CT molecular complexity index is 1490. The molecule has 0 aliphatic rings. The molecule has 0 atom stereocenters. The van der Waals surface area contributed by atoms with Gasteiger partial charge >= 0.3 is 0 Å². The molecule has 182 valence electrons. The van der Waals surface area contributed by atoms with Crippen molar-refractivity contribution in [3.05, 3.63) is 103 Å². The van der Waals surface area contributed by atoms with Crippen molar-refractivity contribution in [3.63, 3.8) is 0 Å². The number of rotatable bonds is 9. The van der Waals surface area contributed by atoms with E-state index in [1.54, 1.807) is 80.1 Å². The third-order valence-corrected chi connectivity index (χ3v) is 6.69. The number of nitrogens with one attached hydrogen (secondary N) is 3. The van der Waals surface area contributed by atoms with Gasteiger partial charge in [0.25, 0.3) is 5.91 Å². The molecule has 0 aliphatic carbocycles. The molecule has 0 unspecified atom stereocenters. The number of anilines is 3. The molecule has 2 aromatic heterocycles. The molecule has 0 saturated heterocycles. The van der Waals surface area contributed by atoms with Crippen LogP contribution in [0.2, 0.25) is 0 Å². The van der Waals surface area contributed by atoms with Crippen LogP contribution in [-0.4, -0.2) is 35.8 Å². The minimum Gasteiger partial charge on any atom is -0.323 e. The second-order valence-electron chi connectivity index (χ2n) is 7.73. The second kappa shape index (κ2) is 10.9. The van der Waals surface area contributed by atoms with E-state index in [0.717, 1.165) is 5.56 Å². The van der Waals surface area contributed by atoms with Gasteiger partial charge in [0.2, 0.25) is 16.0 Å². The molecule has 0 radical (unpaired) electrons. The van der Waals surface area contributed by atoms with Crippen molar-refractivity contribution in [2.45, 2.75) is 11.8 Å². The zero-order valence-electron chi connectivity index (χ0n) is 19.5. The minimum atomic E-state index is -4.08. The zero-order chi connectivity index (χ0) is 25.5. The van der Waals surface area contributed by atoms with Gasteiger partial charge in [-0.1, -0.05) is 30.3 Å². The summed E-state index contributed by atoms with van der Waals surface area (Å²) in [5, 5.41) is 5.77. The molecule has 3 N–H and O–H groups in total. The molecule has 0 saturated carbocycles. The van der Waals surface area contributed by atoms with Gasteiger partial charge < -0.3 is 10.6 Å². The maximum atomic E-state index is 13.4. The van der Waals surface area contributed by atoms with Crippen molar-refractivity contribution in [3.8, 4) is 11.3 Å². The van der Waals surface area contributed by atoms with Crippen molar-refractivity contribution in [1.82, 2.24) is 19.7 Å². The molecule has 2 heterocycles. The van der Waals surface area contributed by atoms with Crippen LogP contribution >= 0.6 is 0 Å². The molecule has 4 aromatic rings. The number of nitrogens with zero attached hydrogens (tertiary/aromatic N) is 3. The summed E-state index contributed by atoms with van der Waals surface area (Å²) in [7, 11) is -4.08. The van der Waals surface area contributed by atoms with Gasteiger partial charge in [-0.05, 0) is 48.9 Å². The number of pyridine rings is 1. The number of aromatic nitrogens is 3. The van der Waals surface area contributed by atoms with Crippen LogP contribution in [0.4, 0.5) is 17.3 Å². The van der Waals surface area contributed by atoms with Gasteiger partial charge in [-0.3, -0.25) is 9.78 Å². The van der Waals surface area contributed by atoms with Gasteiger partial charge in [0.15, 0.2) is 0 Å². The molecule has 0 spiro atoms. The minimum absolute atomic E-state index is 0.00871. The van der Waals surface area contributed by atoms with Gasteiger partial charge in [0, 0.05) is 36.3 Å². The van der Waals surface area contributed by atoms with E-state index < -0.39 is 15.9 Å². The van der Waals surface area contributed by atoms with Crippen LogP contribution in [0.25, 0.3) is 11.3 Å². The fourth-order valence-electron chi connectivity index (χ4n) is 3.44. The summed E-state index contributed by atoms with van der Waals surface area (Å²) in [5.41, 5.74) is 2.74.